The number of hydrogen-bond donors (Lipinski definition) is 3. The van der Waals surface area contributed by atoms with E-state index in [9.17, 15) is 4.79 Å². The molecule has 0 saturated carbocycles. The van der Waals surface area contributed by atoms with Gasteiger partial charge in [-0.3, -0.25) is 4.79 Å². The molecule has 140 valence electrons. The summed E-state index contributed by atoms with van der Waals surface area (Å²) >= 11 is 5.91. The Bertz CT molecular complexity index is 860. The molecule has 0 fully saturated rings. The molecule has 0 saturated heterocycles. The molecule has 1 amide bonds. The number of nitrogen functional groups attached to an aromatic ring is 1. The van der Waals surface area contributed by atoms with Crippen molar-refractivity contribution in [2.24, 2.45) is 0 Å². The molecule has 0 radical (unpaired) electrons. The summed E-state index contributed by atoms with van der Waals surface area (Å²) in [4.78, 5) is 12.1. The van der Waals surface area contributed by atoms with Gasteiger partial charge >= 0.3 is 0 Å². The first-order valence-electron chi connectivity index (χ1n) is 8.00. The van der Waals surface area contributed by atoms with Crippen LogP contribution in [0.25, 0.3) is 0 Å². The zero-order chi connectivity index (χ0) is 19.6. The van der Waals surface area contributed by atoms with Crippen molar-refractivity contribution in [2.45, 2.75) is 0 Å². The fourth-order valence-corrected chi connectivity index (χ4v) is 2.21. The molecule has 7 nitrogen and oxygen atoms in total. The number of nitrogens with two attached hydrogens (primary N) is 1. The van der Waals surface area contributed by atoms with Crippen LogP contribution in [-0.2, 0) is 4.79 Å². The van der Waals surface area contributed by atoms with E-state index in [2.05, 4.69) is 10.6 Å². The number of carbonyl (C=O) groups is 1. The number of methoxy groups -OCH3 is 1. The lowest BCUT2D eigenvalue weighted by atomic mass is 10.2. The minimum atomic E-state index is -0.554. The summed E-state index contributed by atoms with van der Waals surface area (Å²) in [5.41, 5.74) is 6.40. The van der Waals surface area contributed by atoms with Gasteiger partial charge < -0.3 is 25.8 Å². The number of nitriles is 1. The number of ether oxygens (including phenoxy) is 2. The molecule has 4 N–H and O–H groups in total. The van der Waals surface area contributed by atoms with Crippen LogP contribution in [0.4, 0.5) is 11.4 Å². The summed E-state index contributed by atoms with van der Waals surface area (Å²) < 4.78 is 10.6. The SMILES string of the molecule is COc1ccc(OCCN/C=C(/C#N)C(=O)Nc2ccc(N)c(Cl)c2)cc1. The van der Waals surface area contributed by atoms with E-state index in [0.717, 1.165) is 5.75 Å². The highest BCUT2D eigenvalue weighted by atomic mass is 35.5. The lowest BCUT2D eigenvalue weighted by Gasteiger charge is -2.08. The Morgan fingerprint density at radius 3 is 2.59 bits per heavy atom. The van der Waals surface area contributed by atoms with E-state index in [1.165, 1.54) is 12.3 Å². The Hall–Kier alpha value is -3.37. The van der Waals surface area contributed by atoms with Crippen molar-refractivity contribution in [3.63, 3.8) is 0 Å². The fraction of sp³-hybridized carbons (Fsp3) is 0.158. The van der Waals surface area contributed by atoms with Crippen LogP contribution in [0.5, 0.6) is 11.5 Å². The highest BCUT2D eigenvalue weighted by molar-refractivity contribution is 6.33. The van der Waals surface area contributed by atoms with Gasteiger partial charge in [0.2, 0.25) is 0 Å². The van der Waals surface area contributed by atoms with E-state index in [4.69, 9.17) is 32.1 Å². The number of halogens is 1. The van der Waals surface area contributed by atoms with Gasteiger partial charge in [0.05, 0.1) is 17.8 Å². The number of nitrogens with one attached hydrogen (secondary N) is 2. The maximum atomic E-state index is 12.1. The van der Waals surface area contributed by atoms with Crippen LogP contribution in [0.2, 0.25) is 5.02 Å². The second-order valence-electron chi connectivity index (χ2n) is 5.34. The lowest BCUT2D eigenvalue weighted by molar-refractivity contribution is -0.112. The van der Waals surface area contributed by atoms with Crippen LogP contribution in [0.15, 0.2) is 54.2 Å². The molecule has 27 heavy (non-hydrogen) atoms. The van der Waals surface area contributed by atoms with Crippen molar-refractivity contribution >= 4 is 28.9 Å². The van der Waals surface area contributed by atoms with Gasteiger partial charge in [-0.15, -0.1) is 0 Å². The van der Waals surface area contributed by atoms with Gasteiger partial charge in [0.1, 0.15) is 29.7 Å². The van der Waals surface area contributed by atoms with Crippen molar-refractivity contribution in [1.29, 1.82) is 5.26 Å². The molecular formula is C19H19ClN4O3. The first kappa shape index (κ1) is 19.9. The molecule has 2 aromatic carbocycles. The van der Waals surface area contributed by atoms with Gasteiger partial charge in [0.15, 0.2) is 0 Å². The average molecular weight is 387 g/mol. The zero-order valence-corrected chi connectivity index (χ0v) is 15.4. The Morgan fingerprint density at radius 2 is 1.96 bits per heavy atom. The smallest absolute Gasteiger partial charge is 0.267 e. The van der Waals surface area contributed by atoms with Gasteiger partial charge in [0.25, 0.3) is 5.91 Å². The molecule has 0 aliphatic carbocycles. The molecule has 0 bridgehead atoms. The lowest BCUT2D eigenvalue weighted by Crippen LogP contribution is -2.20. The second kappa shape index (κ2) is 9.94. The van der Waals surface area contributed by atoms with Crippen LogP contribution in [-0.4, -0.2) is 26.2 Å². The molecule has 0 heterocycles. The van der Waals surface area contributed by atoms with E-state index < -0.39 is 5.91 Å². The number of carbonyl (C=O) groups excluding carboxylic acids is 1. The summed E-state index contributed by atoms with van der Waals surface area (Å²) in [6, 6.07) is 13.7. The van der Waals surface area contributed by atoms with E-state index >= 15 is 0 Å². The summed E-state index contributed by atoms with van der Waals surface area (Å²) in [6.45, 7) is 0.773. The van der Waals surface area contributed by atoms with Crippen molar-refractivity contribution in [3.05, 3.63) is 59.3 Å². The van der Waals surface area contributed by atoms with Gasteiger partial charge in [0, 0.05) is 18.4 Å². The standard InChI is InChI=1S/C19H19ClN4O3/c1-26-15-3-5-16(6-4-15)27-9-8-23-12-13(11-21)19(25)24-14-2-7-18(22)17(20)10-14/h2-7,10,12,23H,8-9,22H2,1H3,(H,24,25)/b13-12-. The molecule has 0 atom stereocenters. The summed E-state index contributed by atoms with van der Waals surface area (Å²) in [7, 11) is 1.59. The van der Waals surface area contributed by atoms with Crippen molar-refractivity contribution in [3.8, 4) is 17.6 Å². The molecule has 2 rings (SSSR count). The minimum Gasteiger partial charge on any atom is -0.497 e. The number of hydrogen-bond acceptors (Lipinski definition) is 6. The normalized spacial score (nSPS) is 10.6. The summed E-state index contributed by atoms with van der Waals surface area (Å²) in [6.07, 6.45) is 1.34. The minimum absolute atomic E-state index is 0.0765. The number of amides is 1. The molecule has 0 aliphatic rings. The van der Waals surface area contributed by atoms with Crippen LogP contribution in [0.1, 0.15) is 0 Å². The maximum Gasteiger partial charge on any atom is 0.267 e. The largest absolute Gasteiger partial charge is 0.497 e. The van der Waals surface area contributed by atoms with Crippen LogP contribution < -0.4 is 25.8 Å². The number of nitrogens with zero attached hydrogens (tertiary/aromatic N) is 1. The Kier molecular flexibility index (Phi) is 7.35. The topological polar surface area (TPSA) is 109 Å². The van der Waals surface area contributed by atoms with E-state index in [1.807, 2.05) is 6.07 Å². The predicted octanol–water partition coefficient (Wildman–Crippen LogP) is 2.95. The zero-order valence-electron chi connectivity index (χ0n) is 14.7. The molecule has 8 heteroatoms. The first-order chi connectivity index (χ1) is 13.0. The molecule has 2 aromatic rings. The molecule has 0 aromatic heterocycles. The average Bonchev–Trinajstić information content (AvgIpc) is 2.68. The first-order valence-corrected chi connectivity index (χ1v) is 8.38. The van der Waals surface area contributed by atoms with Crippen LogP contribution in [0, 0.1) is 11.3 Å². The Balaban J connectivity index is 1.81. The van der Waals surface area contributed by atoms with E-state index in [1.54, 1.807) is 43.5 Å². The highest BCUT2D eigenvalue weighted by Gasteiger charge is 2.10. The van der Waals surface area contributed by atoms with Gasteiger partial charge in [-0.2, -0.15) is 5.26 Å². The molecular weight excluding hydrogens is 368 g/mol. The van der Waals surface area contributed by atoms with Gasteiger partial charge in [-0.25, -0.2) is 0 Å². The quantitative estimate of drug-likeness (QED) is 0.278. The van der Waals surface area contributed by atoms with E-state index in [0.29, 0.717) is 35.3 Å². The number of anilines is 2. The third kappa shape index (κ3) is 6.13. The predicted molar refractivity (Wildman–Crippen MR) is 105 cm³/mol. The number of benzene rings is 2. The summed E-state index contributed by atoms with van der Waals surface area (Å²) in [5.74, 6) is 0.887. The number of rotatable bonds is 8. The van der Waals surface area contributed by atoms with Crippen molar-refractivity contribution in [1.82, 2.24) is 5.32 Å². The van der Waals surface area contributed by atoms with Crippen molar-refractivity contribution < 1.29 is 14.3 Å². The Labute approximate surface area is 162 Å². The second-order valence-corrected chi connectivity index (χ2v) is 5.75. The van der Waals surface area contributed by atoms with E-state index in [-0.39, 0.29) is 5.57 Å². The molecule has 0 aliphatic heterocycles. The van der Waals surface area contributed by atoms with Crippen LogP contribution in [0.3, 0.4) is 0 Å². The fourth-order valence-electron chi connectivity index (χ4n) is 2.03. The monoisotopic (exact) mass is 386 g/mol. The third-order valence-electron chi connectivity index (χ3n) is 3.44. The van der Waals surface area contributed by atoms with Crippen molar-refractivity contribution in [2.75, 3.05) is 31.3 Å². The molecule has 0 spiro atoms. The van der Waals surface area contributed by atoms with Crippen LogP contribution >= 0.6 is 11.6 Å². The third-order valence-corrected chi connectivity index (χ3v) is 3.77. The highest BCUT2D eigenvalue weighted by Crippen LogP contribution is 2.22. The molecule has 0 unspecified atom stereocenters. The maximum absolute atomic E-state index is 12.1. The Morgan fingerprint density at radius 1 is 1.26 bits per heavy atom. The summed E-state index contributed by atoms with van der Waals surface area (Å²) in [5, 5.41) is 14.9. The van der Waals surface area contributed by atoms with Gasteiger partial charge in [-0.05, 0) is 42.5 Å². The van der Waals surface area contributed by atoms with Gasteiger partial charge in [-0.1, -0.05) is 11.6 Å².